The molecular weight excluding hydrogens is 344 g/mol. The molecule has 2 N–H and O–H groups in total. The molecule has 1 saturated carbocycles. The van der Waals surface area contributed by atoms with E-state index in [2.05, 4.69) is 31.4 Å². The quantitative estimate of drug-likeness (QED) is 0.652. The largest absolute Gasteiger partial charge is 0.349 e. The van der Waals surface area contributed by atoms with Gasteiger partial charge in [0.1, 0.15) is 11.6 Å². The lowest BCUT2D eigenvalue weighted by molar-refractivity contribution is -0.117. The molecule has 2 aromatic rings. The maximum Gasteiger partial charge on any atom is 0.262 e. The van der Waals surface area contributed by atoms with Gasteiger partial charge in [-0.15, -0.1) is 0 Å². The summed E-state index contributed by atoms with van der Waals surface area (Å²) in [5, 5.41) is 19.0. The summed E-state index contributed by atoms with van der Waals surface area (Å²) in [7, 11) is 0. The molecule has 0 saturated heterocycles. The van der Waals surface area contributed by atoms with Gasteiger partial charge in [0.15, 0.2) is 0 Å². The standard InChI is InChI=1S/C16H13BrN4O/c17-13-3-1-10(2-4-13)15-12(9-19-21-15)7-11(8-18)16(22)20-14-5-6-14/h1-4,7,9,14H,5-6H2,(H,19,21)(H,20,22)/b11-7+. The first-order chi connectivity index (χ1) is 10.7. The maximum atomic E-state index is 12.0. The molecule has 110 valence electrons. The molecule has 3 rings (SSSR count). The summed E-state index contributed by atoms with van der Waals surface area (Å²) >= 11 is 3.39. The normalized spacial score (nSPS) is 14.5. The Bertz CT molecular complexity index is 766. The highest BCUT2D eigenvalue weighted by Crippen LogP contribution is 2.25. The zero-order valence-corrected chi connectivity index (χ0v) is 13.2. The van der Waals surface area contributed by atoms with Gasteiger partial charge in [-0.2, -0.15) is 10.4 Å². The molecule has 1 aromatic carbocycles. The number of hydrogen-bond acceptors (Lipinski definition) is 3. The molecule has 1 heterocycles. The van der Waals surface area contributed by atoms with E-state index >= 15 is 0 Å². The summed E-state index contributed by atoms with van der Waals surface area (Å²) in [5.74, 6) is -0.326. The number of aromatic nitrogens is 2. The van der Waals surface area contributed by atoms with Gasteiger partial charge in [-0.3, -0.25) is 9.89 Å². The van der Waals surface area contributed by atoms with Gasteiger partial charge in [0.25, 0.3) is 5.91 Å². The smallest absolute Gasteiger partial charge is 0.262 e. The van der Waals surface area contributed by atoms with Crippen molar-refractivity contribution in [2.24, 2.45) is 0 Å². The first kappa shape index (κ1) is 14.5. The van der Waals surface area contributed by atoms with Crippen LogP contribution in [-0.4, -0.2) is 22.1 Å². The van der Waals surface area contributed by atoms with Gasteiger partial charge in [-0.05, 0) is 31.1 Å². The van der Waals surface area contributed by atoms with Crippen LogP contribution in [0.2, 0.25) is 0 Å². The van der Waals surface area contributed by atoms with E-state index in [1.54, 1.807) is 12.3 Å². The molecule has 0 spiro atoms. The van der Waals surface area contributed by atoms with Crippen LogP contribution >= 0.6 is 15.9 Å². The Kier molecular flexibility index (Phi) is 4.07. The minimum Gasteiger partial charge on any atom is -0.349 e. The monoisotopic (exact) mass is 356 g/mol. The Balaban J connectivity index is 1.90. The number of benzene rings is 1. The molecule has 0 unspecified atom stereocenters. The summed E-state index contributed by atoms with van der Waals surface area (Å²) in [6.45, 7) is 0. The van der Waals surface area contributed by atoms with Crippen molar-refractivity contribution in [3.05, 3.63) is 46.1 Å². The van der Waals surface area contributed by atoms with Gasteiger partial charge in [0.2, 0.25) is 0 Å². The Hall–Kier alpha value is -2.39. The topological polar surface area (TPSA) is 81.6 Å². The third-order valence-electron chi connectivity index (χ3n) is 3.38. The van der Waals surface area contributed by atoms with E-state index in [0.717, 1.165) is 28.6 Å². The van der Waals surface area contributed by atoms with Crippen LogP contribution in [0.25, 0.3) is 17.3 Å². The number of hydrogen-bond donors (Lipinski definition) is 2. The fourth-order valence-electron chi connectivity index (χ4n) is 2.05. The number of amides is 1. The molecule has 1 fully saturated rings. The molecule has 22 heavy (non-hydrogen) atoms. The Morgan fingerprint density at radius 2 is 2.14 bits per heavy atom. The molecule has 0 atom stereocenters. The molecule has 1 amide bonds. The van der Waals surface area contributed by atoms with Crippen molar-refractivity contribution in [1.82, 2.24) is 15.5 Å². The van der Waals surface area contributed by atoms with Gasteiger partial charge < -0.3 is 5.32 Å². The van der Waals surface area contributed by atoms with Crippen LogP contribution in [0, 0.1) is 11.3 Å². The predicted molar refractivity (Wildman–Crippen MR) is 86.5 cm³/mol. The molecule has 0 radical (unpaired) electrons. The summed E-state index contributed by atoms with van der Waals surface area (Å²) in [6.07, 6.45) is 5.15. The predicted octanol–water partition coefficient (Wildman–Crippen LogP) is 3.02. The highest BCUT2D eigenvalue weighted by atomic mass is 79.9. The van der Waals surface area contributed by atoms with Crippen molar-refractivity contribution < 1.29 is 4.79 Å². The van der Waals surface area contributed by atoms with E-state index in [4.69, 9.17) is 0 Å². The number of carbonyl (C=O) groups excluding carboxylic acids is 1. The highest BCUT2D eigenvalue weighted by molar-refractivity contribution is 9.10. The number of carbonyl (C=O) groups is 1. The van der Waals surface area contributed by atoms with Crippen LogP contribution in [0.1, 0.15) is 18.4 Å². The first-order valence-corrected chi connectivity index (χ1v) is 7.68. The fraction of sp³-hybridized carbons (Fsp3) is 0.188. The summed E-state index contributed by atoms with van der Waals surface area (Å²) in [5.41, 5.74) is 2.52. The number of nitrogens with one attached hydrogen (secondary N) is 2. The molecule has 0 aliphatic heterocycles. The minimum absolute atomic E-state index is 0.0895. The number of H-pyrrole nitrogens is 1. The zero-order valence-electron chi connectivity index (χ0n) is 11.6. The molecular formula is C16H13BrN4O. The van der Waals surface area contributed by atoms with Crippen molar-refractivity contribution in [1.29, 1.82) is 5.26 Å². The van der Waals surface area contributed by atoms with E-state index in [0.29, 0.717) is 5.56 Å². The molecule has 6 heteroatoms. The van der Waals surface area contributed by atoms with E-state index in [-0.39, 0.29) is 17.5 Å². The number of nitriles is 1. The van der Waals surface area contributed by atoms with E-state index < -0.39 is 0 Å². The average molecular weight is 357 g/mol. The van der Waals surface area contributed by atoms with Crippen molar-refractivity contribution >= 4 is 27.9 Å². The van der Waals surface area contributed by atoms with Crippen LogP contribution in [0.5, 0.6) is 0 Å². The lowest BCUT2D eigenvalue weighted by Crippen LogP contribution is -2.26. The molecule has 1 aliphatic carbocycles. The minimum atomic E-state index is -0.326. The summed E-state index contributed by atoms with van der Waals surface area (Å²) in [4.78, 5) is 12.0. The Labute approximate surface area is 136 Å². The molecule has 1 aliphatic rings. The molecule has 5 nitrogen and oxygen atoms in total. The van der Waals surface area contributed by atoms with Gasteiger partial charge in [-0.1, -0.05) is 28.1 Å². The van der Waals surface area contributed by atoms with E-state index in [1.807, 2.05) is 30.3 Å². The number of nitrogens with zero attached hydrogens (tertiary/aromatic N) is 2. The Morgan fingerprint density at radius 3 is 2.77 bits per heavy atom. The van der Waals surface area contributed by atoms with Crippen molar-refractivity contribution in [3.8, 4) is 17.3 Å². The van der Waals surface area contributed by atoms with Crippen LogP contribution in [-0.2, 0) is 4.79 Å². The third-order valence-corrected chi connectivity index (χ3v) is 3.91. The lowest BCUT2D eigenvalue weighted by Gasteiger charge is -2.03. The van der Waals surface area contributed by atoms with Crippen molar-refractivity contribution in [2.45, 2.75) is 18.9 Å². The van der Waals surface area contributed by atoms with Crippen LogP contribution < -0.4 is 5.32 Å². The second-order valence-electron chi connectivity index (χ2n) is 5.12. The van der Waals surface area contributed by atoms with Crippen molar-refractivity contribution in [2.75, 3.05) is 0 Å². The van der Waals surface area contributed by atoms with E-state index in [9.17, 15) is 10.1 Å². The number of rotatable bonds is 4. The summed E-state index contributed by atoms with van der Waals surface area (Å²) in [6, 6.07) is 9.90. The fourth-order valence-corrected chi connectivity index (χ4v) is 2.31. The highest BCUT2D eigenvalue weighted by Gasteiger charge is 2.24. The van der Waals surface area contributed by atoms with Gasteiger partial charge >= 0.3 is 0 Å². The lowest BCUT2D eigenvalue weighted by atomic mass is 10.1. The second kappa shape index (κ2) is 6.16. The second-order valence-corrected chi connectivity index (χ2v) is 6.04. The zero-order chi connectivity index (χ0) is 15.5. The number of halogens is 1. The summed E-state index contributed by atoms with van der Waals surface area (Å²) < 4.78 is 0.981. The van der Waals surface area contributed by atoms with Gasteiger partial charge in [0.05, 0.1) is 11.9 Å². The van der Waals surface area contributed by atoms with Crippen molar-refractivity contribution in [3.63, 3.8) is 0 Å². The first-order valence-electron chi connectivity index (χ1n) is 6.89. The van der Waals surface area contributed by atoms with Crippen LogP contribution in [0.3, 0.4) is 0 Å². The molecule has 1 aromatic heterocycles. The SMILES string of the molecule is N#C/C(=C\c1cn[nH]c1-c1ccc(Br)cc1)C(=O)NC1CC1. The number of aromatic amines is 1. The van der Waals surface area contributed by atoms with Crippen LogP contribution in [0.4, 0.5) is 0 Å². The van der Waals surface area contributed by atoms with Crippen LogP contribution in [0.15, 0.2) is 40.5 Å². The average Bonchev–Trinajstić information content (AvgIpc) is 3.21. The van der Waals surface area contributed by atoms with Gasteiger partial charge in [0, 0.05) is 21.6 Å². The van der Waals surface area contributed by atoms with Gasteiger partial charge in [-0.25, -0.2) is 0 Å². The third kappa shape index (κ3) is 3.26. The maximum absolute atomic E-state index is 12.0. The Morgan fingerprint density at radius 1 is 1.41 bits per heavy atom. The van der Waals surface area contributed by atoms with E-state index in [1.165, 1.54) is 0 Å². The molecule has 0 bridgehead atoms.